The van der Waals surface area contributed by atoms with E-state index in [1.165, 1.54) is 0 Å². The fourth-order valence-corrected chi connectivity index (χ4v) is 7.39. The van der Waals surface area contributed by atoms with Crippen LogP contribution in [0.25, 0.3) is 0 Å². The van der Waals surface area contributed by atoms with Crippen LogP contribution >= 0.6 is 0 Å². The van der Waals surface area contributed by atoms with E-state index in [0.717, 1.165) is 0 Å². The monoisotopic (exact) mass is 348 g/mol. The summed E-state index contributed by atoms with van der Waals surface area (Å²) in [6.07, 6.45) is 2.81. The maximum Gasteiger partial charge on any atom is 0.309 e. The molecule has 0 aromatic heterocycles. The molecule has 0 radical (unpaired) electrons. The topological polar surface area (TPSA) is 94.8 Å². The molecule has 0 aromatic rings. The van der Waals surface area contributed by atoms with Gasteiger partial charge in [-0.05, 0) is 62.9 Å². The fraction of sp³-hybridized carbons (Fsp3) is 0.800. The van der Waals surface area contributed by atoms with Crippen LogP contribution in [-0.2, 0) is 9.59 Å². The Bertz CT molecular complexity index is 686. The Morgan fingerprint density at radius 2 is 1.92 bits per heavy atom. The van der Waals surface area contributed by atoms with Crippen LogP contribution in [0.5, 0.6) is 0 Å². The summed E-state index contributed by atoms with van der Waals surface area (Å²) in [5.74, 6) is -1.25. The molecule has 0 aliphatic heterocycles. The Labute approximate surface area is 148 Å². The van der Waals surface area contributed by atoms with E-state index in [2.05, 4.69) is 6.58 Å². The van der Waals surface area contributed by atoms with Crippen molar-refractivity contribution >= 4 is 11.8 Å². The lowest BCUT2D eigenvalue weighted by molar-refractivity contribution is -0.290. The minimum atomic E-state index is -1.58. The highest BCUT2D eigenvalue weighted by molar-refractivity contribution is 6.04. The number of aliphatic carboxylic acids is 1. The molecule has 4 aliphatic rings. The van der Waals surface area contributed by atoms with Crippen molar-refractivity contribution in [1.82, 2.24) is 0 Å². The van der Waals surface area contributed by atoms with Crippen LogP contribution in [0.4, 0.5) is 0 Å². The Morgan fingerprint density at radius 3 is 2.56 bits per heavy atom. The SMILES string of the molecule is C=C1C(=O)C23CCC4C(C)(C(=O)O)CCCC4(C)C2(O)C(O)CC1C3. The first kappa shape index (κ1) is 17.2. The van der Waals surface area contributed by atoms with E-state index in [0.29, 0.717) is 50.5 Å². The van der Waals surface area contributed by atoms with Crippen molar-refractivity contribution in [2.24, 2.45) is 28.1 Å². The Hall–Kier alpha value is -1.20. The normalized spacial score (nSPS) is 54.8. The largest absolute Gasteiger partial charge is 0.481 e. The van der Waals surface area contributed by atoms with E-state index in [1.807, 2.05) is 6.92 Å². The number of carboxylic acids is 1. The molecule has 3 N–H and O–H groups in total. The number of hydrogen-bond donors (Lipinski definition) is 3. The molecule has 2 bridgehead atoms. The molecule has 4 fully saturated rings. The van der Waals surface area contributed by atoms with Crippen LogP contribution in [0.15, 0.2) is 12.2 Å². The Balaban J connectivity index is 1.91. The van der Waals surface area contributed by atoms with Crippen molar-refractivity contribution in [3.63, 3.8) is 0 Å². The molecule has 0 saturated heterocycles. The summed E-state index contributed by atoms with van der Waals surface area (Å²) in [6.45, 7) is 7.63. The van der Waals surface area contributed by atoms with E-state index in [4.69, 9.17) is 0 Å². The molecule has 0 heterocycles. The molecule has 1 spiro atoms. The molecular weight excluding hydrogens is 320 g/mol. The molecule has 0 aromatic carbocycles. The van der Waals surface area contributed by atoms with E-state index in [1.54, 1.807) is 6.92 Å². The minimum absolute atomic E-state index is 0.0580. The fourth-order valence-electron chi connectivity index (χ4n) is 7.39. The summed E-state index contributed by atoms with van der Waals surface area (Å²) in [5, 5.41) is 32.9. The molecule has 138 valence electrons. The molecule has 7 unspecified atom stereocenters. The zero-order valence-corrected chi connectivity index (χ0v) is 15.0. The lowest BCUT2D eigenvalue weighted by Crippen LogP contribution is -2.74. The summed E-state index contributed by atoms with van der Waals surface area (Å²) >= 11 is 0. The molecule has 25 heavy (non-hydrogen) atoms. The number of hydrogen-bond acceptors (Lipinski definition) is 4. The van der Waals surface area contributed by atoms with Gasteiger partial charge < -0.3 is 15.3 Å². The number of carbonyl (C=O) groups is 2. The zero-order valence-electron chi connectivity index (χ0n) is 15.0. The van der Waals surface area contributed by atoms with Crippen LogP contribution in [0.1, 0.15) is 58.8 Å². The number of ketones is 1. The van der Waals surface area contributed by atoms with Crippen LogP contribution < -0.4 is 0 Å². The number of fused-ring (bicyclic) bond motifs is 3. The number of Topliss-reactive ketones (excluding diaryl/α,β-unsaturated/α-hetero) is 1. The molecule has 4 saturated carbocycles. The van der Waals surface area contributed by atoms with Gasteiger partial charge in [-0.15, -0.1) is 0 Å². The quantitative estimate of drug-likeness (QED) is 0.632. The number of aliphatic hydroxyl groups excluding tert-OH is 1. The molecule has 4 aliphatic carbocycles. The number of rotatable bonds is 1. The third kappa shape index (κ3) is 1.63. The summed E-state index contributed by atoms with van der Waals surface area (Å²) in [6, 6.07) is 0. The Kier molecular flexibility index (Phi) is 3.27. The van der Waals surface area contributed by atoms with Crippen LogP contribution in [0.2, 0.25) is 0 Å². The van der Waals surface area contributed by atoms with Gasteiger partial charge in [0.2, 0.25) is 0 Å². The van der Waals surface area contributed by atoms with Gasteiger partial charge in [0.05, 0.1) is 16.9 Å². The Morgan fingerprint density at radius 1 is 1.24 bits per heavy atom. The lowest BCUT2D eigenvalue weighted by Gasteiger charge is -2.67. The van der Waals surface area contributed by atoms with Gasteiger partial charge in [-0.2, -0.15) is 0 Å². The summed E-state index contributed by atoms with van der Waals surface area (Å²) < 4.78 is 0. The average molecular weight is 348 g/mol. The van der Waals surface area contributed by atoms with Gasteiger partial charge in [0, 0.05) is 5.41 Å². The highest BCUT2D eigenvalue weighted by atomic mass is 16.4. The lowest BCUT2D eigenvalue weighted by atomic mass is 9.38. The average Bonchev–Trinajstić information content (AvgIpc) is 2.75. The summed E-state index contributed by atoms with van der Waals surface area (Å²) in [7, 11) is 0. The highest BCUT2D eigenvalue weighted by Crippen LogP contribution is 2.72. The number of aliphatic hydroxyl groups is 2. The first-order valence-corrected chi connectivity index (χ1v) is 9.42. The van der Waals surface area contributed by atoms with Gasteiger partial charge in [-0.3, -0.25) is 9.59 Å². The molecular formula is C20H28O5. The predicted octanol–water partition coefficient (Wildman–Crippen LogP) is 2.30. The van der Waals surface area contributed by atoms with E-state index < -0.39 is 33.9 Å². The first-order valence-electron chi connectivity index (χ1n) is 9.42. The maximum absolute atomic E-state index is 13.1. The smallest absolute Gasteiger partial charge is 0.309 e. The number of allylic oxidation sites excluding steroid dienone is 1. The van der Waals surface area contributed by atoms with E-state index in [9.17, 15) is 24.9 Å². The molecule has 4 rings (SSSR count). The third-order valence-corrected chi connectivity index (χ3v) is 8.68. The maximum atomic E-state index is 13.1. The summed E-state index contributed by atoms with van der Waals surface area (Å²) in [5.41, 5.74) is -3.75. The number of carbonyl (C=O) groups excluding carboxylic acids is 1. The van der Waals surface area contributed by atoms with Crippen LogP contribution in [0, 0.1) is 28.1 Å². The summed E-state index contributed by atoms with van der Waals surface area (Å²) in [4.78, 5) is 25.2. The van der Waals surface area contributed by atoms with Crippen molar-refractivity contribution < 1.29 is 24.9 Å². The van der Waals surface area contributed by atoms with Crippen molar-refractivity contribution in [2.45, 2.75) is 70.5 Å². The van der Waals surface area contributed by atoms with Gasteiger partial charge >= 0.3 is 5.97 Å². The predicted molar refractivity (Wildman–Crippen MR) is 90.7 cm³/mol. The zero-order chi connectivity index (χ0) is 18.4. The van der Waals surface area contributed by atoms with Crippen molar-refractivity contribution in [1.29, 1.82) is 0 Å². The van der Waals surface area contributed by atoms with E-state index >= 15 is 0 Å². The van der Waals surface area contributed by atoms with Crippen molar-refractivity contribution in [3.05, 3.63) is 12.2 Å². The van der Waals surface area contributed by atoms with Crippen LogP contribution in [-0.4, -0.2) is 38.8 Å². The second-order valence-electron chi connectivity index (χ2n) is 9.44. The third-order valence-electron chi connectivity index (χ3n) is 8.68. The van der Waals surface area contributed by atoms with Crippen LogP contribution in [0.3, 0.4) is 0 Å². The molecule has 7 atom stereocenters. The van der Waals surface area contributed by atoms with Gasteiger partial charge in [-0.25, -0.2) is 0 Å². The molecule has 5 nitrogen and oxygen atoms in total. The molecule has 0 amide bonds. The minimum Gasteiger partial charge on any atom is -0.481 e. The first-order chi connectivity index (χ1) is 11.5. The van der Waals surface area contributed by atoms with Gasteiger partial charge in [-0.1, -0.05) is 19.9 Å². The standard InChI is InChI=1S/C20H28O5/c1-11-12-9-14(21)20(25)18(3)7-4-6-17(2,16(23)24)13(18)5-8-19(20,10-12)15(11)22/h12-14,21,25H,1,4-10H2,2-3H3,(H,23,24). The highest BCUT2D eigenvalue weighted by Gasteiger charge is 2.77. The van der Waals surface area contributed by atoms with Crippen molar-refractivity contribution in [3.8, 4) is 0 Å². The van der Waals surface area contributed by atoms with Gasteiger partial charge in [0.25, 0.3) is 0 Å². The number of carboxylic acid groups (broad SMARTS) is 1. The second kappa shape index (κ2) is 4.74. The van der Waals surface area contributed by atoms with Gasteiger partial charge in [0.1, 0.15) is 5.60 Å². The van der Waals surface area contributed by atoms with Gasteiger partial charge in [0.15, 0.2) is 5.78 Å². The van der Waals surface area contributed by atoms with E-state index in [-0.39, 0.29) is 17.6 Å². The van der Waals surface area contributed by atoms with Crippen molar-refractivity contribution in [2.75, 3.05) is 0 Å². The molecule has 5 heteroatoms. The second-order valence-corrected chi connectivity index (χ2v) is 9.44.